The molecule has 2 atom stereocenters. The van der Waals surface area contributed by atoms with Gasteiger partial charge in [0, 0.05) is 11.3 Å². The van der Waals surface area contributed by atoms with E-state index in [0.29, 0.717) is 0 Å². The highest BCUT2D eigenvalue weighted by atomic mass is 16.3. The Morgan fingerprint density at radius 2 is 2.15 bits per heavy atom. The Balaban J connectivity index is 2.83. The fraction of sp³-hybridized carbons (Fsp3) is 0.818. The van der Waals surface area contributed by atoms with E-state index in [1.165, 1.54) is 0 Å². The Morgan fingerprint density at radius 1 is 1.62 bits per heavy atom. The molecule has 2 heteroatoms. The number of aliphatic hydroxyl groups is 2. The zero-order valence-electron chi connectivity index (χ0n) is 8.80. The van der Waals surface area contributed by atoms with Crippen molar-refractivity contribution in [1.29, 1.82) is 0 Å². The van der Waals surface area contributed by atoms with E-state index < -0.39 is 5.60 Å². The van der Waals surface area contributed by atoms with Crippen LogP contribution in [0.5, 0.6) is 0 Å². The molecule has 1 aliphatic carbocycles. The topological polar surface area (TPSA) is 40.5 Å². The molecule has 0 heterocycles. The quantitative estimate of drug-likeness (QED) is 0.641. The Morgan fingerprint density at radius 3 is 2.38 bits per heavy atom. The lowest BCUT2D eigenvalue weighted by atomic mass is 9.79. The van der Waals surface area contributed by atoms with Crippen molar-refractivity contribution >= 4 is 0 Å². The molecule has 0 spiro atoms. The van der Waals surface area contributed by atoms with E-state index in [2.05, 4.69) is 6.58 Å². The van der Waals surface area contributed by atoms with Gasteiger partial charge >= 0.3 is 0 Å². The van der Waals surface area contributed by atoms with Gasteiger partial charge in [-0.05, 0) is 26.7 Å². The van der Waals surface area contributed by atoms with Crippen LogP contribution in [-0.4, -0.2) is 22.4 Å². The molecule has 1 rings (SSSR count). The minimum atomic E-state index is -0.704. The number of aliphatic hydroxyl groups excluding tert-OH is 1. The van der Waals surface area contributed by atoms with E-state index in [0.717, 1.165) is 18.4 Å². The molecular formula is C11H20O2. The minimum absolute atomic E-state index is 0.129. The van der Waals surface area contributed by atoms with E-state index in [1.54, 1.807) is 0 Å². The molecule has 0 saturated heterocycles. The predicted octanol–water partition coefficient (Wildman–Crippen LogP) is 1.72. The normalized spacial score (nSPS) is 35.5. The van der Waals surface area contributed by atoms with Gasteiger partial charge in [-0.15, -0.1) is 0 Å². The summed E-state index contributed by atoms with van der Waals surface area (Å²) in [6.07, 6.45) is 1.86. The summed E-state index contributed by atoms with van der Waals surface area (Å²) in [5.74, 6) is 0.129. The molecule has 0 aliphatic heterocycles. The molecule has 1 saturated carbocycles. The molecule has 2 nitrogen and oxygen atoms in total. The highest BCUT2D eigenvalue weighted by molar-refractivity contribution is 5.21. The first kappa shape index (κ1) is 10.7. The molecule has 0 bridgehead atoms. The van der Waals surface area contributed by atoms with E-state index in [-0.39, 0.29) is 17.9 Å². The van der Waals surface area contributed by atoms with Gasteiger partial charge in [0.15, 0.2) is 0 Å². The first-order chi connectivity index (χ1) is 5.81. The van der Waals surface area contributed by atoms with Crippen LogP contribution in [0.1, 0.15) is 33.6 Å². The van der Waals surface area contributed by atoms with Crippen molar-refractivity contribution in [2.75, 3.05) is 6.61 Å². The summed E-state index contributed by atoms with van der Waals surface area (Å²) in [6.45, 7) is 9.78. The Bertz CT molecular complexity index is 215. The standard InChI is InChI=1S/C11H20O2/c1-8-9(10(2,3)13)5-6-11(8,4)7-12/h9,12-13H,1,5-7H2,2-4H3/t9-,11-/m1/s1. The van der Waals surface area contributed by atoms with Crippen LogP contribution in [0.3, 0.4) is 0 Å². The minimum Gasteiger partial charge on any atom is -0.395 e. The van der Waals surface area contributed by atoms with Crippen LogP contribution < -0.4 is 0 Å². The van der Waals surface area contributed by atoms with Crippen LogP contribution in [0.15, 0.2) is 12.2 Å². The predicted molar refractivity (Wildman–Crippen MR) is 53.4 cm³/mol. The monoisotopic (exact) mass is 184 g/mol. The molecule has 13 heavy (non-hydrogen) atoms. The van der Waals surface area contributed by atoms with Crippen LogP contribution in [-0.2, 0) is 0 Å². The number of hydrogen-bond donors (Lipinski definition) is 2. The third-order valence-corrected chi connectivity index (χ3v) is 3.38. The van der Waals surface area contributed by atoms with Crippen molar-refractivity contribution in [3.63, 3.8) is 0 Å². The van der Waals surface area contributed by atoms with Crippen molar-refractivity contribution in [3.05, 3.63) is 12.2 Å². The Labute approximate surface area is 80.3 Å². The zero-order valence-corrected chi connectivity index (χ0v) is 8.80. The van der Waals surface area contributed by atoms with Crippen molar-refractivity contribution in [1.82, 2.24) is 0 Å². The highest BCUT2D eigenvalue weighted by Gasteiger charge is 2.44. The van der Waals surface area contributed by atoms with Crippen molar-refractivity contribution in [2.45, 2.75) is 39.2 Å². The maximum absolute atomic E-state index is 9.87. The molecule has 1 fully saturated rings. The maximum Gasteiger partial charge on any atom is 0.0656 e. The largest absolute Gasteiger partial charge is 0.395 e. The van der Waals surface area contributed by atoms with Crippen LogP contribution in [0, 0.1) is 11.3 Å². The molecule has 0 aromatic carbocycles. The van der Waals surface area contributed by atoms with E-state index in [4.69, 9.17) is 0 Å². The van der Waals surface area contributed by atoms with E-state index in [1.807, 2.05) is 20.8 Å². The van der Waals surface area contributed by atoms with Crippen LogP contribution in [0.2, 0.25) is 0 Å². The second-order valence-corrected chi connectivity index (χ2v) is 4.99. The summed E-state index contributed by atoms with van der Waals surface area (Å²) in [6, 6.07) is 0. The smallest absolute Gasteiger partial charge is 0.0656 e. The second kappa shape index (κ2) is 3.10. The number of rotatable bonds is 2. The van der Waals surface area contributed by atoms with Gasteiger partial charge in [0.05, 0.1) is 12.2 Å². The third-order valence-electron chi connectivity index (χ3n) is 3.38. The molecule has 76 valence electrons. The zero-order chi connectivity index (χ0) is 10.3. The molecule has 0 radical (unpaired) electrons. The first-order valence-corrected chi connectivity index (χ1v) is 4.84. The summed E-state index contributed by atoms with van der Waals surface area (Å²) >= 11 is 0. The van der Waals surface area contributed by atoms with Crippen LogP contribution in [0.4, 0.5) is 0 Å². The average Bonchev–Trinajstić information content (AvgIpc) is 2.29. The molecule has 0 unspecified atom stereocenters. The van der Waals surface area contributed by atoms with Gasteiger partial charge in [0.2, 0.25) is 0 Å². The molecule has 0 aromatic heterocycles. The Hall–Kier alpha value is -0.340. The van der Waals surface area contributed by atoms with Gasteiger partial charge in [0.25, 0.3) is 0 Å². The van der Waals surface area contributed by atoms with Gasteiger partial charge in [-0.3, -0.25) is 0 Å². The molecule has 2 N–H and O–H groups in total. The van der Waals surface area contributed by atoms with E-state index in [9.17, 15) is 10.2 Å². The van der Waals surface area contributed by atoms with Crippen molar-refractivity contribution < 1.29 is 10.2 Å². The lowest BCUT2D eigenvalue weighted by Gasteiger charge is -2.30. The lowest BCUT2D eigenvalue weighted by molar-refractivity contribution is 0.0335. The summed E-state index contributed by atoms with van der Waals surface area (Å²) in [5.41, 5.74) is 0.122. The fourth-order valence-corrected chi connectivity index (χ4v) is 2.18. The van der Waals surface area contributed by atoms with Crippen molar-refractivity contribution in [2.24, 2.45) is 11.3 Å². The summed E-state index contributed by atoms with van der Waals surface area (Å²) in [7, 11) is 0. The first-order valence-electron chi connectivity index (χ1n) is 4.84. The summed E-state index contributed by atoms with van der Waals surface area (Å²) in [5, 5.41) is 19.1. The van der Waals surface area contributed by atoms with E-state index >= 15 is 0 Å². The average molecular weight is 184 g/mol. The fourth-order valence-electron chi connectivity index (χ4n) is 2.18. The molecule has 1 aliphatic rings. The summed E-state index contributed by atoms with van der Waals surface area (Å²) in [4.78, 5) is 0. The van der Waals surface area contributed by atoms with Gasteiger partial charge in [-0.2, -0.15) is 0 Å². The van der Waals surface area contributed by atoms with Gasteiger partial charge < -0.3 is 10.2 Å². The van der Waals surface area contributed by atoms with Gasteiger partial charge in [-0.25, -0.2) is 0 Å². The Kier molecular flexibility index (Phi) is 2.56. The second-order valence-electron chi connectivity index (χ2n) is 4.99. The summed E-state index contributed by atoms with van der Waals surface area (Å²) < 4.78 is 0. The SMILES string of the molecule is C=C1[C@H](C(C)(C)O)CC[C@]1(C)CO. The molecule has 0 aromatic rings. The highest BCUT2D eigenvalue weighted by Crippen LogP contribution is 2.48. The number of hydrogen-bond acceptors (Lipinski definition) is 2. The lowest BCUT2D eigenvalue weighted by Crippen LogP contribution is -2.32. The molecule has 0 amide bonds. The maximum atomic E-state index is 9.87. The van der Waals surface area contributed by atoms with Gasteiger partial charge in [-0.1, -0.05) is 19.1 Å². The molecular weight excluding hydrogens is 164 g/mol. The van der Waals surface area contributed by atoms with Crippen LogP contribution >= 0.6 is 0 Å². The van der Waals surface area contributed by atoms with Crippen LogP contribution in [0.25, 0.3) is 0 Å². The van der Waals surface area contributed by atoms with Gasteiger partial charge in [0.1, 0.15) is 0 Å². The van der Waals surface area contributed by atoms with Crippen molar-refractivity contribution in [3.8, 4) is 0 Å². The third kappa shape index (κ3) is 1.79.